The number of rotatable bonds is 6. The highest BCUT2D eigenvalue weighted by Crippen LogP contribution is 2.06. The van der Waals surface area contributed by atoms with Gasteiger partial charge in [-0.2, -0.15) is 5.26 Å². The number of nitrogens with zero attached hydrogens (tertiary/aromatic N) is 1. The van der Waals surface area contributed by atoms with E-state index in [0.717, 1.165) is 11.6 Å². The van der Waals surface area contributed by atoms with Crippen LogP contribution in [0.15, 0.2) is 43.0 Å². The highest BCUT2D eigenvalue weighted by Gasteiger charge is 1.99. The lowest BCUT2D eigenvalue weighted by Gasteiger charge is -2.02. The molecule has 0 saturated heterocycles. The lowest BCUT2D eigenvalue weighted by atomic mass is 10.1. The predicted octanol–water partition coefficient (Wildman–Crippen LogP) is 1.84. The second-order valence-corrected chi connectivity index (χ2v) is 3.61. The van der Waals surface area contributed by atoms with Gasteiger partial charge in [0.15, 0.2) is 0 Å². The summed E-state index contributed by atoms with van der Waals surface area (Å²) in [5.41, 5.74) is 1.23. The summed E-state index contributed by atoms with van der Waals surface area (Å²) in [7, 11) is 0. The first-order valence-corrected chi connectivity index (χ1v) is 5.80. The van der Waals surface area contributed by atoms with E-state index in [1.165, 1.54) is 6.08 Å². The fourth-order valence-electron chi connectivity index (χ4n) is 1.27. The molecule has 0 amide bonds. The number of nitriles is 1. The van der Waals surface area contributed by atoms with Crippen molar-refractivity contribution < 1.29 is 19.1 Å². The van der Waals surface area contributed by atoms with Crippen molar-refractivity contribution >= 4 is 18.0 Å². The molecule has 1 aromatic carbocycles. The van der Waals surface area contributed by atoms with Crippen LogP contribution in [0.5, 0.6) is 0 Å². The minimum Gasteiger partial charge on any atom is -0.459 e. The average molecular weight is 271 g/mol. The predicted molar refractivity (Wildman–Crippen MR) is 72.3 cm³/mol. The SMILES string of the molecule is C=CC(=O)OCCOC(=O)/C=C/c1cccc(C#N)c1. The lowest BCUT2D eigenvalue weighted by molar-refractivity contribution is -0.145. The molecule has 0 aliphatic heterocycles. The summed E-state index contributed by atoms with van der Waals surface area (Å²) in [4.78, 5) is 22.1. The van der Waals surface area contributed by atoms with E-state index in [1.54, 1.807) is 30.3 Å². The zero-order valence-electron chi connectivity index (χ0n) is 10.7. The summed E-state index contributed by atoms with van der Waals surface area (Å²) in [5, 5.41) is 8.73. The third-order valence-corrected chi connectivity index (χ3v) is 2.17. The van der Waals surface area contributed by atoms with Crippen LogP contribution in [0.25, 0.3) is 6.08 Å². The van der Waals surface area contributed by atoms with E-state index in [4.69, 9.17) is 10.00 Å². The molecule has 20 heavy (non-hydrogen) atoms. The summed E-state index contributed by atoms with van der Waals surface area (Å²) in [6, 6.07) is 8.81. The molecule has 102 valence electrons. The Labute approximate surface area is 116 Å². The van der Waals surface area contributed by atoms with Gasteiger partial charge in [-0.05, 0) is 23.8 Å². The Balaban J connectivity index is 2.38. The summed E-state index contributed by atoms with van der Waals surface area (Å²) in [6.07, 6.45) is 3.81. The van der Waals surface area contributed by atoms with Gasteiger partial charge in [-0.25, -0.2) is 9.59 Å². The first-order valence-electron chi connectivity index (χ1n) is 5.80. The van der Waals surface area contributed by atoms with Gasteiger partial charge in [-0.3, -0.25) is 0 Å². The smallest absolute Gasteiger partial charge is 0.330 e. The molecule has 0 atom stereocenters. The van der Waals surface area contributed by atoms with Crippen LogP contribution < -0.4 is 0 Å². The maximum atomic E-state index is 11.4. The van der Waals surface area contributed by atoms with Gasteiger partial charge < -0.3 is 9.47 Å². The van der Waals surface area contributed by atoms with Gasteiger partial charge in [-0.1, -0.05) is 18.7 Å². The van der Waals surface area contributed by atoms with E-state index in [1.807, 2.05) is 6.07 Å². The van der Waals surface area contributed by atoms with Crippen LogP contribution in [-0.2, 0) is 19.1 Å². The maximum absolute atomic E-state index is 11.4. The molecule has 1 rings (SSSR count). The number of carbonyl (C=O) groups is 2. The van der Waals surface area contributed by atoms with Gasteiger partial charge in [0.2, 0.25) is 0 Å². The molecule has 1 aromatic rings. The van der Waals surface area contributed by atoms with Crippen molar-refractivity contribution in [1.29, 1.82) is 5.26 Å². The normalized spacial score (nSPS) is 9.75. The zero-order chi connectivity index (χ0) is 14.8. The Morgan fingerprint density at radius 1 is 1.25 bits per heavy atom. The molecule has 0 aliphatic rings. The molecule has 5 nitrogen and oxygen atoms in total. The molecular formula is C15H13NO4. The van der Waals surface area contributed by atoms with E-state index in [-0.39, 0.29) is 13.2 Å². The van der Waals surface area contributed by atoms with E-state index in [0.29, 0.717) is 5.56 Å². The van der Waals surface area contributed by atoms with Crippen LogP contribution in [0.4, 0.5) is 0 Å². The Hall–Kier alpha value is -2.87. The van der Waals surface area contributed by atoms with Crippen molar-refractivity contribution in [2.45, 2.75) is 0 Å². The summed E-state index contributed by atoms with van der Waals surface area (Å²) in [6.45, 7) is 3.19. The molecule has 0 spiro atoms. The molecule has 5 heteroatoms. The summed E-state index contributed by atoms with van der Waals surface area (Å²) < 4.78 is 9.45. The molecule has 0 unspecified atom stereocenters. The third kappa shape index (κ3) is 5.65. The topological polar surface area (TPSA) is 76.4 Å². The summed E-state index contributed by atoms with van der Waals surface area (Å²) in [5.74, 6) is -1.12. The van der Waals surface area contributed by atoms with E-state index in [9.17, 15) is 9.59 Å². The number of carbonyl (C=O) groups excluding carboxylic acids is 2. The van der Waals surface area contributed by atoms with Crippen molar-refractivity contribution in [2.24, 2.45) is 0 Å². The van der Waals surface area contributed by atoms with Crippen LogP contribution in [0, 0.1) is 11.3 Å². The molecule has 0 aliphatic carbocycles. The number of benzene rings is 1. The monoisotopic (exact) mass is 271 g/mol. The van der Waals surface area contributed by atoms with Crippen molar-refractivity contribution in [3.8, 4) is 6.07 Å². The van der Waals surface area contributed by atoms with Gasteiger partial charge in [0.1, 0.15) is 13.2 Å². The van der Waals surface area contributed by atoms with E-state index < -0.39 is 11.9 Å². The summed E-state index contributed by atoms with van der Waals surface area (Å²) >= 11 is 0. The lowest BCUT2D eigenvalue weighted by Crippen LogP contribution is -2.11. The van der Waals surface area contributed by atoms with Crippen LogP contribution >= 0.6 is 0 Å². The van der Waals surface area contributed by atoms with Crippen LogP contribution in [0.2, 0.25) is 0 Å². The van der Waals surface area contributed by atoms with E-state index in [2.05, 4.69) is 11.3 Å². The van der Waals surface area contributed by atoms with Gasteiger partial charge in [0.05, 0.1) is 11.6 Å². The van der Waals surface area contributed by atoms with Gasteiger partial charge >= 0.3 is 11.9 Å². The van der Waals surface area contributed by atoms with Gasteiger partial charge in [-0.15, -0.1) is 0 Å². The second-order valence-electron chi connectivity index (χ2n) is 3.61. The highest BCUT2D eigenvalue weighted by molar-refractivity contribution is 5.87. The van der Waals surface area contributed by atoms with Crippen LogP contribution in [0.3, 0.4) is 0 Å². The first-order chi connectivity index (χ1) is 9.65. The molecule has 0 bridgehead atoms. The minimum atomic E-state index is -0.565. The molecule has 0 heterocycles. The number of hydrogen-bond acceptors (Lipinski definition) is 5. The molecular weight excluding hydrogens is 258 g/mol. The minimum absolute atomic E-state index is 0.0195. The standard InChI is InChI=1S/C15H13NO4/c1-2-14(17)19-8-9-20-15(18)7-6-12-4-3-5-13(10-12)11-16/h2-7,10H,1,8-9H2/b7-6+. The molecule has 0 fully saturated rings. The Morgan fingerprint density at radius 2 is 1.95 bits per heavy atom. The van der Waals surface area contributed by atoms with Crippen molar-refractivity contribution in [1.82, 2.24) is 0 Å². The largest absolute Gasteiger partial charge is 0.459 e. The number of esters is 2. The second kappa shape index (κ2) is 8.27. The van der Waals surface area contributed by atoms with Gasteiger partial charge in [0, 0.05) is 12.2 Å². The fraction of sp³-hybridized carbons (Fsp3) is 0.133. The molecule has 0 saturated carbocycles. The zero-order valence-corrected chi connectivity index (χ0v) is 10.7. The molecule has 0 radical (unpaired) electrons. The fourth-order valence-corrected chi connectivity index (χ4v) is 1.27. The first kappa shape index (κ1) is 15.2. The number of ether oxygens (including phenoxy) is 2. The Kier molecular flexibility index (Phi) is 6.28. The van der Waals surface area contributed by atoms with Crippen molar-refractivity contribution in [2.75, 3.05) is 13.2 Å². The maximum Gasteiger partial charge on any atom is 0.330 e. The Bertz CT molecular complexity index is 569. The number of hydrogen-bond donors (Lipinski definition) is 0. The highest BCUT2D eigenvalue weighted by atomic mass is 16.6. The Morgan fingerprint density at radius 3 is 2.60 bits per heavy atom. The molecule has 0 aromatic heterocycles. The quantitative estimate of drug-likeness (QED) is 0.448. The molecule has 0 N–H and O–H groups in total. The third-order valence-electron chi connectivity index (χ3n) is 2.17. The average Bonchev–Trinajstić information content (AvgIpc) is 2.49. The van der Waals surface area contributed by atoms with Crippen LogP contribution in [0.1, 0.15) is 11.1 Å². The van der Waals surface area contributed by atoms with Crippen LogP contribution in [-0.4, -0.2) is 25.2 Å². The van der Waals surface area contributed by atoms with Gasteiger partial charge in [0.25, 0.3) is 0 Å². The van der Waals surface area contributed by atoms with Crippen molar-refractivity contribution in [3.05, 3.63) is 54.1 Å². The van der Waals surface area contributed by atoms with Crippen molar-refractivity contribution in [3.63, 3.8) is 0 Å². The van der Waals surface area contributed by atoms with E-state index >= 15 is 0 Å².